The Kier molecular flexibility index (Phi) is 6.72. The van der Waals surface area contributed by atoms with Gasteiger partial charge in [-0.25, -0.2) is 0 Å². The maximum Gasteiger partial charge on any atom is 0.0553 e. The first-order valence-electron chi connectivity index (χ1n) is 5.75. The summed E-state index contributed by atoms with van der Waals surface area (Å²) in [6.45, 7) is 0.472. The molecule has 0 saturated heterocycles. The van der Waals surface area contributed by atoms with Crippen LogP contribution in [0.3, 0.4) is 0 Å². The van der Waals surface area contributed by atoms with E-state index in [9.17, 15) is 0 Å². The van der Waals surface area contributed by atoms with Gasteiger partial charge in [-0.15, -0.1) is 0 Å². The number of rotatable bonds is 3. The molecule has 2 aromatic carbocycles. The van der Waals surface area contributed by atoms with Gasteiger partial charge in [0.2, 0.25) is 0 Å². The van der Waals surface area contributed by atoms with Crippen LogP contribution in [-0.2, 0) is 6.42 Å². The van der Waals surface area contributed by atoms with Crippen LogP contribution >= 0.6 is 0 Å². The van der Waals surface area contributed by atoms with Crippen molar-refractivity contribution in [3.63, 3.8) is 0 Å². The van der Waals surface area contributed by atoms with Crippen LogP contribution in [-0.4, -0.2) is 18.3 Å². The molecular weight excluding hydrogens is 210 g/mol. The van der Waals surface area contributed by atoms with Gasteiger partial charge in [0.1, 0.15) is 0 Å². The molecule has 90 valence electrons. The van der Waals surface area contributed by atoms with Crippen LogP contribution in [0, 0.1) is 0 Å². The molecule has 0 aliphatic carbocycles. The minimum absolute atomic E-state index is 0.0972. The molecule has 3 N–H and O–H groups in total. The van der Waals surface area contributed by atoms with Gasteiger partial charge < -0.3 is 10.8 Å². The predicted octanol–water partition coefficient (Wildman–Crippen LogP) is 2.21. The maximum absolute atomic E-state index is 7.75. The van der Waals surface area contributed by atoms with Crippen LogP contribution in [0.4, 0.5) is 0 Å². The summed E-state index contributed by atoms with van der Waals surface area (Å²) in [6.07, 6.45) is 1.03. The first-order chi connectivity index (χ1) is 8.36. The van der Waals surface area contributed by atoms with E-state index in [1.54, 1.807) is 0 Å². The molecular formula is C15H19NO. The fourth-order valence-electron chi connectivity index (χ4n) is 1.43. The normalized spacial score (nSPS) is 9.29. The second-order valence-corrected chi connectivity index (χ2v) is 3.66. The Morgan fingerprint density at radius 1 is 0.765 bits per heavy atom. The highest BCUT2D eigenvalue weighted by molar-refractivity contribution is 5.25. The van der Waals surface area contributed by atoms with E-state index in [4.69, 9.17) is 10.8 Å². The molecule has 0 spiro atoms. The van der Waals surface area contributed by atoms with Crippen molar-refractivity contribution in [2.75, 3.05) is 13.2 Å². The van der Waals surface area contributed by atoms with Crippen molar-refractivity contribution in [1.82, 2.24) is 0 Å². The molecule has 0 aromatic heterocycles. The van der Waals surface area contributed by atoms with Gasteiger partial charge in [-0.1, -0.05) is 60.7 Å². The zero-order chi connectivity index (χ0) is 12.3. The number of hydrogen-bond donors (Lipinski definition) is 2. The maximum atomic E-state index is 7.75. The second kappa shape index (κ2) is 8.50. The van der Waals surface area contributed by atoms with E-state index in [1.165, 1.54) is 11.1 Å². The second-order valence-electron chi connectivity index (χ2n) is 3.66. The Bertz CT molecular complexity index is 347. The van der Waals surface area contributed by atoms with Gasteiger partial charge in [-0.3, -0.25) is 0 Å². The molecule has 0 aliphatic rings. The Morgan fingerprint density at radius 2 is 1.12 bits per heavy atom. The van der Waals surface area contributed by atoms with Crippen LogP contribution in [0.1, 0.15) is 11.1 Å². The standard InChI is InChI=1S/C13H12.C2H7NO/c1-3-7-12(8-4-1)11-13-9-5-2-6-10-13;3-1-2-4/h1-10H,11H2;4H,1-3H2. The van der Waals surface area contributed by atoms with E-state index in [0.29, 0.717) is 6.54 Å². The van der Waals surface area contributed by atoms with Crippen LogP contribution in [0.5, 0.6) is 0 Å². The molecule has 0 heterocycles. The van der Waals surface area contributed by atoms with Gasteiger partial charge in [0.15, 0.2) is 0 Å². The van der Waals surface area contributed by atoms with Gasteiger partial charge in [-0.05, 0) is 17.5 Å². The fourth-order valence-corrected chi connectivity index (χ4v) is 1.43. The van der Waals surface area contributed by atoms with E-state index >= 15 is 0 Å². The first kappa shape index (κ1) is 13.4. The molecule has 0 radical (unpaired) electrons. The summed E-state index contributed by atoms with van der Waals surface area (Å²) >= 11 is 0. The lowest BCUT2D eigenvalue weighted by Gasteiger charge is -2.00. The summed E-state index contributed by atoms with van der Waals surface area (Å²) in [7, 11) is 0. The van der Waals surface area contributed by atoms with Crippen molar-refractivity contribution < 1.29 is 5.11 Å². The molecule has 0 unspecified atom stereocenters. The summed E-state index contributed by atoms with van der Waals surface area (Å²) in [5.74, 6) is 0. The average molecular weight is 229 g/mol. The van der Waals surface area contributed by atoms with Gasteiger partial charge >= 0.3 is 0 Å². The zero-order valence-electron chi connectivity index (χ0n) is 9.92. The van der Waals surface area contributed by atoms with Crippen molar-refractivity contribution >= 4 is 0 Å². The molecule has 2 rings (SSSR count). The Labute approximate surface area is 103 Å². The first-order valence-corrected chi connectivity index (χ1v) is 5.75. The Morgan fingerprint density at radius 3 is 1.41 bits per heavy atom. The van der Waals surface area contributed by atoms with Crippen LogP contribution < -0.4 is 5.73 Å². The smallest absolute Gasteiger partial charge is 0.0553 e. The zero-order valence-corrected chi connectivity index (χ0v) is 9.92. The molecule has 0 amide bonds. The topological polar surface area (TPSA) is 46.2 Å². The molecule has 0 atom stereocenters. The van der Waals surface area contributed by atoms with Crippen molar-refractivity contribution in [3.05, 3.63) is 71.8 Å². The van der Waals surface area contributed by atoms with Gasteiger partial charge in [0, 0.05) is 6.54 Å². The predicted molar refractivity (Wildman–Crippen MR) is 71.8 cm³/mol. The fraction of sp³-hybridized carbons (Fsp3) is 0.200. The number of hydrogen-bond acceptors (Lipinski definition) is 2. The van der Waals surface area contributed by atoms with Gasteiger partial charge in [-0.2, -0.15) is 0 Å². The van der Waals surface area contributed by atoms with Crippen LogP contribution in [0.2, 0.25) is 0 Å². The molecule has 2 heteroatoms. The summed E-state index contributed by atoms with van der Waals surface area (Å²) in [6, 6.07) is 21.1. The molecule has 0 saturated carbocycles. The minimum Gasteiger partial charge on any atom is -0.395 e. The van der Waals surface area contributed by atoms with Crippen molar-refractivity contribution in [2.24, 2.45) is 5.73 Å². The highest BCUT2D eigenvalue weighted by Gasteiger charge is 1.92. The van der Waals surface area contributed by atoms with E-state index in [-0.39, 0.29) is 6.61 Å². The number of nitrogens with two attached hydrogens (primary N) is 1. The summed E-state index contributed by atoms with van der Waals surface area (Å²) in [4.78, 5) is 0. The molecule has 2 nitrogen and oxygen atoms in total. The largest absolute Gasteiger partial charge is 0.395 e. The third kappa shape index (κ3) is 5.85. The lowest BCUT2D eigenvalue weighted by Crippen LogP contribution is -2.02. The Balaban J connectivity index is 0.000000317. The highest BCUT2D eigenvalue weighted by Crippen LogP contribution is 2.07. The quantitative estimate of drug-likeness (QED) is 0.847. The SMILES string of the molecule is NCCO.c1ccc(Cc2ccccc2)cc1. The van der Waals surface area contributed by atoms with Gasteiger partial charge in [0.25, 0.3) is 0 Å². The van der Waals surface area contributed by atoms with Crippen LogP contribution in [0.25, 0.3) is 0 Å². The monoisotopic (exact) mass is 229 g/mol. The van der Waals surface area contributed by atoms with Gasteiger partial charge in [0.05, 0.1) is 6.61 Å². The molecule has 0 aliphatic heterocycles. The average Bonchev–Trinajstić information content (AvgIpc) is 2.41. The van der Waals surface area contributed by atoms with E-state index < -0.39 is 0 Å². The Hall–Kier alpha value is -1.64. The summed E-state index contributed by atoms with van der Waals surface area (Å²) in [5.41, 5.74) is 7.52. The third-order valence-electron chi connectivity index (χ3n) is 2.22. The number of aliphatic hydroxyl groups is 1. The number of aliphatic hydroxyl groups excluding tert-OH is 1. The molecule has 17 heavy (non-hydrogen) atoms. The third-order valence-corrected chi connectivity index (χ3v) is 2.22. The van der Waals surface area contributed by atoms with E-state index in [1.807, 2.05) is 0 Å². The lowest BCUT2D eigenvalue weighted by molar-refractivity contribution is 0.306. The summed E-state index contributed by atoms with van der Waals surface area (Å²) < 4.78 is 0. The molecule has 2 aromatic rings. The molecule has 0 fully saturated rings. The van der Waals surface area contributed by atoms with Crippen molar-refractivity contribution in [3.8, 4) is 0 Å². The van der Waals surface area contributed by atoms with Crippen LogP contribution in [0.15, 0.2) is 60.7 Å². The highest BCUT2D eigenvalue weighted by atomic mass is 16.3. The van der Waals surface area contributed by atoms with E-state index in [2.05, 4.69) is 60.7 Å². The lowest BCUT2D eigenvalue weighted by atomic mass is 10.1. The molecule has 0 bridgehead atoms. The summed E-state index contributed by atoms with van der Waals surface area (Å²) in [5, 5.41) is 7.75. The minimum atomic E-state index is 0.0972. The van der Waals surface area contributed by atoms with E-state index in [0.717, 1.165) is 6.42 Å². The number of benzene rings is 2. The van der Waals surface area contributed by atoms with Crippen molar-refractivity contribution in [1.29, 1.82) is 0 Å². The van der Waals surface area contributed by atoms with Crippen molar-refractivity contribution in [2.45, 2.75) is 6.42 Å².